The standard InChI is InChI=1S/C18H28N2O4/c1-13-8-9-15(12-14(13)2)23-16(21)19(6)10-11-20(7)17(22)24-18(3,4)5/h8-9,12H,10-11H2,1-7H3. The van der Waals surface area contributed by atoms with Crippen LogP contribution in [-0.4, -0.2) is 54.8 Å². The number of rotatable bonds is 4. The number of carbonyl (C=O) groups excluding carboxylic acids is 2. The van der Waals surface area contributed by atoms with E-state index in [4.69, 9.17) is 9.47 Å². The minimum absolute atomic E-state index is 0.347. The van der Waals surface area contributed by atoms with Gasteiger partial charge in [0, 0.05) is 27.2 Å². The first-order valence-corrected chi connectivity index (χ1v) is 7.94. The van der Waals surface area contributed by atoms with Crippen molar-refractivity contribution in [3.8, 4) is 5.75 Å². The summed E-state index contributed by atoms with van der Waals surface area (Å²) in [5.41, 5.74) is 1.66. The zero-order valence-electron chi connectivity index (χ0n) is 15.7. The van der Waals surface area contributed by atoms with Gasteiger partial charge in [-0.3, -0.25) is 0 Å². The first-order chi connectivity index (χ1) is 11.0. The van der Waals surface area contributed by atoms with Gasteiger partial charge in [0.1, 0.15) is 11.4 Å². The molecule has 0 heterocycles. The number of carbonyl (C=O) groups is 2. The third-order valence-corrected chi connectivity index (χ3v) is 3.47. The Morgan fingerprint density at radius 1 is 0.958 bits per heavy atom. The summed E-state index contributed by atoms with van der Waals surface area (Å²) in [4.78, 5) is 26.8. The van der Waals surface area contributed by atoms with Crippen LogP contribution >= 0.6 is 0 Å². The molecule has 24 heavy (non-hydrogen) atoms. The van der Waals surface area contributed by atoms with E-state index in [0.717, 1.165) is 11.1 Å². The first-order valence-electron chi connectivity index (χ1n) is 7.94. The van der Waals surface area contributed by atoms with Crippen molar-refractivity contribution in [2.24, 2.45) is 0 Å². The van der Waals surface area contributed by atoms with Gasteiger partial charge in [-0.2, -0.15) is 0 Å². The van der Waals surface area contributed by atoms with Gasteiger partial charge in [-0.05, 0) is 57.9 Å². The van der Waals surface area contributed by atoms with E-state index in [0.29, 0.717) is 18.8 Å². The van der Waals surface area contributed by atoms with Crippen molar-refractivity contribution in [2.45, 2.75) is 40.2 Å². The van der Waals surface area contributed by atoms with E-state index in [1.807, 2.05) is 46.8 Å². The van der Waals surface area contributed by atoms with Gasteiger partial charge in [0.2, 0.25) is 0 Å². The highest BCUT2D eigenvalue weighted by Crippen LogP contribution is 2.17. The fourth-order valence-electron chi connectivity index (χ4n) is 1.78. The van der Waals surface area contributed by atoms with Crippen molar-refractivity contribution in [2.75, 3.05) is 27.2 Å². The maximum atomic E-state index is 12.1. The second-order valence-corrected chi connectivity index (χ2v) is 6.94. The summed E-state index contributed by atoms with van der Waals surface area (Å²) in [5, 5.41) is 0. The predicted molar refractivity (Wildman–Crippen MR) is 93.4 cm³/mol. The predicted octanol–water partition coefficient (Wildman–Crippen LogP) is 3.60. The van der Waals surface area contributed by atoms with Gasteiger partial charge in [0.05, 0.1) is 0 Å². The van der Waals surface area contributed by atoms with Crippen molar-refractivity contribution < 1.29 is 19.1 Å². The number of nitrogens with zero attached hydrogens (tertiary/aromatic N) is 2. The highest BCUT2D eigenvalue weighted by Gasteiger charge is 2.20. The minimum Gasteiger partial charge on any atom is -0.444 e. The zero-order valence-corrected chi connectivity index (χ0v) is 15.7. The average Bonchev–Trinajstić information content (AvgIpc) is 2.46. The smallest absolute Gasteiger partial charge is 0.415 e. The molecule has 2 amide bonds. The molecular formula is C18H28N2O4. The number of benzene rings is 1. The van der Waals surface area contributed by atoms with Gasteiger partial charge in [0.25, 0.3) is 0 Å². The van der Waals surface area contributed by atoms with Crippen molar-refractivity contribution in [3.05, 3.63) is 29.3 Å². The van der Waals surface area contributed by atoms with Gasteiger partial charge in [-0.1, -0.05) is 6.07 Å². The lowest BCUT2D eigenvalue weighted by atomic mass is 10.1. The Morgan fingerprint density at radius 2 is 1.50 bits per heavy atom. The normalized spacial score (nSPS) is 11.0. The SMILES string of the molecule is Cc1ccc(OC(=O)N(C)CCN(C)C(=O)OC(C)(C)C)cc1C. The third-order valence-electron chi connectivity index (χ3n) is 3.47. The molecule has 0 aromatic heterocycles. The van der Waals surface area contributed by atoms with E-state index in [-0.39, 0.29) is 0 Å². The summed E-state index contributed by atoms with van der Waals surface area (Å²) < 4.78 is 10.6. The molecule has 0 atom stereocenters. The van der Waals surface area contributed by atoms with E-state index in [1.54, 1.807) is 20.2 Å². The number of likely N-dealkylation sites (N-methyl/N-ethyl adjacent to an activating group) is 2. The highest BCUT2D eigenvalue weighted by atomic mass is 16.6. The van der Waals surface area contributed by atoms with Crippen LogP contribution in [0.2, 0.25) is 0 Å². The highest BCUT2D eigenvalue weighted by molar-refractivity contribution is 5.71. The van der Waals surface area contributed by atoms with Crippen molar-refractivity contribution in [1.29, 1.82) is 0 Å². The molecule has 0 aliphatic carbocycles. The average molecular weight is 336 g/mol. The van der Waals surface area contributed by atoms with Crippen molar-refractivity contribution >= 4 is 12.2 Å². The maximum Gasteiger partial charge on any atom is 0.415 e. The number of hydrogen-bond donors (Lipinski definition) is 0. The molecule has 0 unspecified atom stereocenters. The van der Waals surface area contributed by atoms with Gasteiger partial charge in [-0.15, -0.1) is 0 Å². The molecule has 0 aliphatic rings. The van der Waals surface area contributed by atoms with Crippen LogP contribution in [0.4, 0.5) is 9.59 Å². The molecule has 0 spiro atoms. The Balaban J connectivity index is 2.49. The van der Waals surface area contributed by atoms with E-state index in [9.17, 15) is 9.59 Å². The Morgan fingerprint density at radius 3 is 2.00 bits per heavy atom. The topological polar surface area (TPSA) is 59.1 Å². The van der Waals surface area contributed by atoms with Crippen LogP contribution in [0, 0.1) is 13.8 Å². The van der Waals surface area contributed by atoms with E-state index >= 15 is 0 Å². The maximum absolute atomic E-state index is 12.1. The molecule has 0 bridgehead atoms. The lowest BCUT2D eigenvalue weighted by molar-refractivity contribution is 0.0287. The molecule has 1 aromatic rings. The molecule has 1 aromatic carbocycles. The van der Waals surface area contributed by atoms with Crippen LogP contribution in [0.5, 0.6) is 5.75 Å². The fourth-order valence-corrected chi connectivity index (χ4v) is 1.78. The number of amides is 2. The Kier molecular flexibility index (Phi) is 6.63. The van der Waals surface area contributed by atoms with Crippen LogP contribution in [0.1, 0.15) is 31.9 Å². The lowest BCUT2D eigenvalue weighted by Crippen LogP contribution is -2.40. The summed E-state index contributed by atoms with van der Waals surface area (Å²) in [6, 6.07) is 5.50. The van der Waals surface area contributed by atoms with Crippen LogP contribution < -0.4 is 4.74 Å². The van der Waals surface area contributed by atoms with E-state index in [1.165, 1.54) is 9.80 Å². The largest absolute Gasteiger partial charge is 0.444 e. The molecule has 1 rings (SSSR count). The van der Waals surface area contributed by atoms with E-state index in [2.05, 4.69) is 0 Å². The molecule has 0 fully saturated rings. The van der Waals surface area contributed by atoms with Gasteiger partial charge in [-0.25, -0.2) is 9.59 Å². The molecule has 6 nitrogen and oxygen atoms in total. The summed E-state index contributed by atoms with van der Waals surface area (Å²) >= 11 is 0. The second kappa shape index (κ2) is 8.04. The van der Waals surface area contributed by atoms with Crippen LogP contribution in [-0.2, 0) is 4.74 Å². The number of aryl methyl sites for hydroxylation is 2. The monoisotopic (exact) mass is 336 g/mol. The molecule has 0 aliphatic heterocycles. The lowest BCUT2D eigenvalue weighted by Gasteiger charge is -2.26. The summed E-state index contributed by atoms with van der Waals surface area (Å²) in [6.07, 6.45) is -0.880. The van der Waals surface area contributed by atoms with Crippen molar-refractivity contribution in [1.82, 2.24) is 9.80 Å². The molecule has 0 saturated heterocycles. The Hall–Kier alpha value is -2.24. The second-order valence-electron chi connectivity index (χ2n) is 6.94. The minimum atomic E-state index is -0.542. The molecule has 0 N–H and O–H groups in total. The quantitative estimate of drug-likeness (QED) is 0.843. The molecule has 0 radical (unpaired) electrons. The Labute approximate surface area is 144 Å². The van der Waals surface area contributed by atoms with Gasteiger partial charge >= 0.3 is 12.2 Å². The number of hydrogen-bond acceptors (Lipinski definition) is 4. The van der Waals surface area contributed by atoms with Crippen LogP contribution in [0.25, 0.3) is 0 Å². The molecule has 6 heteroatoms. The summed E-state index contributed by atoms with van der Waals surface area (Å²) in [5.74, 6) is 0.510. The van der Waals surface area contributed by atoms with Crippen LogP contribution in [0.15, 0.2) is 18.2 Å². The summed E-state index contributed by atoms with van der Waals surface area (Å²) in [7, 11) is 3.27. The first kappa shape index (κ1) is 19.8. The summed E-state index contributed by atoms with van der Waals surface area (Å²) in [6.45, 7) is 10.1. The zero-order chi connectivity index (χ0) is 18.5. The van der Waals surface area contributed by atoms with Crippen molar-refractivity contribution in [3.63, 3.8) is 0 Å². The number of ether oxygens (including phenoxy) is 2. The van der Waals surface area contributed by atoms with Crippen LogP contribution in [0.3, 0.4) is 0 Å². The Bertz CT molecular complexity index is 593. The third kappa shape index (κ3) is 6.48. The fraction of sp³-hybridized carbons (Fsp3) is 0.556. The van der Waals surface area contributed by atoms with E-state index < -0.39 is 17.8 Å². The molecular weight excluding hydrogens is 308 g/mol. The molecule has 134 valence electrons. The van der Waals surface area contributed by atoms with Gasteiger partial charge in [0.15, 0.2) is 0 Å². The van der Waals surface area contributed by atoms with Gasteiger partial charge < -0.3 is 19.3 Å². The molecule has 0 saturated carbocycles.